The van der Waals surface area contributed by atoms with Gasteiger partial charge in [0.1, 0.15) is 6.04 Å². The van der Waals surface area contributed by atoms with Gasteiger partial charge in [-0.05, 0) is 29.0 Å². The number of benzene rings is 2. The molecule has 0 aliphatic carbocycles. The van der Waals surface area contributed by atoms with E-state index in [0.717, 1.165) is 17.5 Å². The lowest BCUT2D eigenvalue weighted by molar-refractivity contribution is -0.122. The number of urea groups is 1. The molecule has 0 radical (unpaired) electrons. The molecule has 0 bridgehead atoms. The van der Waals surface area contributed by atoms with Gasteiger partial charge in [-0.15, -0.1) is 0 Å². The third-order valence-electron chi connectivity index (χ3n) is 4.40. The van der Waals surface area contributed by atoms with Crippen molar-refractivity contribution in [2.24, 2.45) is 11.7 Å². The Balaban J connectivity index is 2.32. The summed E-state index contributed by atoms with van der Waals surface area (Å²) in [4.78, 5) is 23.7. The van der Waals surface area contributed by atoms with Crippen LogP contribution in [0.15, 0.2) is 54.6 Å². The topological polar surface area (TPSA) is 84.2 Å². The van der Waals surface area contributed by atoms with Crippen LogP contribution in [0.25, 0.3) is 0 Å². The normalized spacial score (nSPS) is 13.2. The Morgan fingerprint density at radius 3 is 2.08 bits per heavy atom. The van der Waals surface area contributed by atoms with E-state index in [0.29, 0.717) is 0 Å². The molecule has 2 atom stereocenters. The van der Waals surface area contributed by atoms with Crippen molar-refractivity contribution in [2.75, 3.05) is 0 Å². The lowest BCUT2D eigenvalue weighted by atomic mass is 9.93. The molecule has 0 spiro atoms. The molecule has 0 fully saturated rings. The quantitative estimate of drug-likeness (QED) is 0.712. The number of nitrogens with one attached hydrogen (secondary N) is 2. The molecule has 0 aliphatic heterocycles. The summed E-state index contributed by atoms with van der Waals surface area (Å²) in [6.45, 7) is 6.31. The molecule has 0 aliphatic rings. The van der Waals surface area contributed by atoms with Gasteiger partial charge in [0.05, 0.1) is 0 Å². The zero-order valence-corrected chi connectivity index (χ0v) is 15.5. The van der Waals surface area contributed by atoms with Crippen LogP contribution in [0.1, 0.15) is 49.5 Å². The summed E-state index contributed by atoms with van der Waals surface area (Å²) >= 11 is 0. The second-order valence-electron chi connectivity index (χ2n) is 6.68. The zero-order valence-electron chi connectivity index (χ0n) is 15.5. The average molecular weight is 353 g/mol. The highest BCUT2D eigenvalue weighted by Gasteiger charge is 2.27. The van der Waals surface area contributed by atoms with Crippen molar-refractivity contribution >= 4 is 11.9 Å². The Morgan fingerprint density at radius 1 is 0.962 bits per heavy atom. The van der Waals surface area contributed by atoms with Gasteiger partial charge in [0.2, 0.25) is 5.91 Å². The van der Waals surface area contributed by atoms with Gasteiger partial charge in [0.15, 0.2) is 0 Å². The SMILES string of the molecule is CCc1ccc([C@@H](N[C@H](C(=O)NC(N)=O)c2ccccc2)C(C)C)cc1. The first-order chi connectivity index (χ1) is 12.4. The number of primary amides is 1. The fraction of sp³-hybridized carbons (Fsp3) is 0.333. The Bertz CT molecular complexity index is 727. The third kappa shape index (κ3) is 5.17. The molecule has 0 unspecified atom stereocenters. The molecule has 26 heavy (non-hydrogen) atoms. The number of carbonyl (C=O) groups is 2. The average Bonchev–Trinajstić information content (AvgIpc) is 2.62. The fourth-order valence-corrected chi connectivity index (χ4v) is 2.98. The van der Waals surface area contributed by atoms with E-state index in [2.05, 4.69) is 55.7 Å². The van der Waals surface area contributed by atoms with Crippen LogP contribution in [-0.2, 0) is 11.2 Å². The molecule has 4 N–H and O–H groups in total. The van der Waals surface area contributed by atoms with Crippen LogP contribution in [0, 0.1) is 5.92 Å². The van der Waals surface area contributed by atoms with E-state index in [1.807, 2.05) is 30.3 Å². The van der Waals surface area contributed by atoms with Crippen molar-refractivity contribution < 1.29 is 9.59 Å². The Morgan fingerprint density at radius 2 is 1.58 bits per heavy atom. The van der Waals surface area contributed by atoms with Gasteiger partial charge in [-0.1, -0.05) is 75.4 Å². The molecule has 2 aromatic carbocycles. The number of nitrogens with two attached hydrogens (primary N) is 1. The van der Waals surface area contributed by atoms with Crippen LogP contribution < -0.4 is 16.4 Å². The highest BCUT2D eigenvalue weighted by molar-refractivity contribution is 5.96. The van der Waals surface area contributed by atoms with Crippen molar-refractivity contribution in [2.45, 2.75) is 39.3 Å². The molecule has 0 aromatic heterocycles. The maximum atomic E-state index is 12.6. The van der Waals surface area contributed by atoms with E-state index >= 15 is 0 Å². The molecule has 5 nitrogen and oxygen atoms in total. The largest absolute Gasteiger partial charge is 0.351 e. The highest BCUT2D eigenvalue weighted by atomic mass is 16.2. The maximum Gasteiger partial charge on any atom is 0.318 e. The molecule has 0 saturated carbocycles. The first-order valence-corrected chi connectivity index (χ1v) is 8.92. The van der Waals surface area contributed by atoms with E-state index in [1.54, 1.807) is 0 Å². The minimum atomic E-state index is -0.855. The predicted octanol–water partition coefficient (Wildman–Crippen LogP) is 3.47. The molecule has 3 amide bonds. The third-order valence-corrected chi connectivity index (χ3v) is 4.40. The van der Waals surface area contributed by atoms with Crippen molar-refractivity contribution in [3.8, 4) is 0 Å². The second-order valence-corrected chi connectivity index (χ2v) is 6.68. The maximum absolute atomic E-state index is 12.6. The van der Waals surface area contributed by atoms with Crippen LogP contribution in [0.2, 0.25) is 0 Å². The number of hydrogen-bond acceptors (Lipinski definition) is 3. The van der Waals surface area contributed by atoms with Gasteiger partial charge in [-0.3, -0.25) is 15.4 Å². The number of amides is 3. The van der Waals surface area contributed by atoms with Crippen molar-refractivity contribution in [1.29, 1.82) is 0 Å². The minimum absolute atomic E-state index is 0.0512. The summed E-state index contributed by atoms with van der Waals surface area (Å²) in [5, 5.41) is 5.60. The van der Waals surface area contributed by atoms with Gasteiger partial charge in [0.25, 0.3) is 0 Å². The van der Waals surface area contributed by atoms with Crippen LogP contribution in [0.4, 0.5) is 4.79 Å². The number of imide groups is 1. The van der Waals surface area contributed by atoms with Gasteiger partial charge >= 0.3 is 6.03 Å². The molecular formula is C21H27N3O2. The van der Waals surface area contributed by atoms with E-state index in [-0.39, 0.29) is 12.0 Å². The van der Waals surface area contributed by atoms with Crippen LogP contribution >= 0.6 is 0 Å². The standard InChI is InChI=1S/C21H27N3O2/c1-4-15-10-12-17(13-11-15)18(14(2)3)23-19(20(25)24-21(22)26)16-8-6-5-7-9-16/h5-14,18-19,23H,4H2,1-3H3,(H3,22,24,25,26)/t18-,19-/m0/s1. The second kappa shape index (κ2) is 9.15. The molecule has 5 heteroatoms. The van der Waals surface area contributed by atoms with E-state index < -0.39 is 18.0 Å². The molecule has 0 saturated heterocycles. The summed E-state index contributed by atoms with van der Waals surface area (Å²) in [6, 6.07) is 16.1. The van der Waals surface area contributed by atoms with Crippen molar-refractivity contribution in [3.05, 3.63) is 71.3 Å². The van der Waals surface area contributed by atoms with Crippen LogP contribution in [0.3, 0.4) is 0 Å². The predicted molar refractivity (Wildman–Crippen MR) is 103 cm³/mol. The van der Waals surface area contributed by atoms with Gasteiger partial charge in [0, 0.05) is 6.04 Å². The lowest BCUT2D eigenvalue weighted by Gasteiger charge is -2.28. The molecule has 138 valence electrons. The van der Waals surface area contributed by atoms with E-state index in [4.69, 9.17) is 5.73 Å². The Kier molecular flexibility index (Phi) is 6.92. The summed E-state index contributed by atoms with van der Waals surface area (Å²) in [7, 11) is 0. The number of aryl methyl sites for hydroxylation is 1. The fourth-order valence-electron chi connectivity index (χ4n) is 2.98. The first kappa shape index (κ1) is 19.7. The monoisotopic (exact) mass is 353 g/mol. The summed E-state index contributed by atoms with van der Waals surface area (Å²) < 4.78 is 0. The van der Waals surface area contributed by atoms with Gasteiger partial charge in [-0.2, -0.15) is 0 Å². The van der Waals surface area contributed by atoms with Gasteiger partial charge < -0.3 is 5.73 Å². The number of hydrogen-bond donors (Lipinski definition) is 3. The minimum Gasteiger partial charge on any atom is -0.351 e. The highest BCUT2D eigenvalue weighted by Crippen LogP contribution is 2.26. The van der Waals surface area contributed by atoms with Crippen molar-refractivity contribution in [1.82, 2.24) is 10.6 Å². The zero-order chi connectivity index (χ0) is 19.1. The Hall–Kier alpha value is -2.66. The Labute approximate surface area is 155 Å². The lowest BCUT2D eigenvalue weighted by Crippen LogP contribution is -2.44. The summed E-state index contributed by atoms with van der Waals surface area (Å²) in [5.74, 6) is -0.213. The van der Waals surface area contributed by atoms with Crippen molar-refractivity contribution in [3.63, 3.8) is 0 Å². The molecule has 2 aromatic rings. The molecular weight excluding hydrogens is 326 g/mol. The molecule has 0 heterocycles. The smallest absolute Gasteiger partial charge is 0.318 e. The summed E-state index contributed by atoms with van der Waals surface area (Å²) in [5.41, 5.74) is 8.29. The first-order valence-electron chi connectivity index (χ1n) is 8.92. The van der Waals surface area contributed by atoms with Crippen LogP contribution in [-0.4, -0.2) is 11.9 Å². The van der Waals surface area contributed by atoms with Gasteiger partial charge in [-0.25, -0.2) is 4.79 Å². The number of carbonyl (C=O) groups excluding carboxylic acids is 2. The van der Waals surface area contributed by atoms with E-state index in [1.165, 1.54) is 5.56 Å². The summed E-state index contributed by atoms with van der Waals surface area (Å²) in [6.07, 6.45) is 0.980. The van der Waals surface area contributed by atoms with Crippen LogP contribution in [0.5, 0.6) is 0 Å². The van der Waals surface area contributed by atoms with E-state index in [9.17, 15) is 9.59 Å². The molecule has 2 rings (SSSR count). The number of rotatable bonds is 7.